The Balaban J connectivity index is 1.97. The number of benzene rings is 1. The monoisotopic (exact) mass is 376 g/mol. The number of nitrogens with one attached hydrogen (secondary N) is 1. The summed E-state index contributed by atoms with van der Waals surface area (Å²) in [5.74, 6) is 1.71. The SMILES string of the molecule is CCOc1ccccc1CNC(=NC)N(C)Cc1csc(C(C)OC)n1. The number of hydrogen-bond donors (Lipinski definition) is 1. The lowest BCUT2D eigenvalue weighted by Gasteiger charge is -2.22. The van der Waals surface area contributed by atoms with E-state index in [0.717, 1.165) is 28.0 Å². The van der Waals surface area contributed by atoms with Crippen LogP contribution in [0.5, 0.6) is 5.75 Å². The fraction of sp³-hybridized carbons (Fsp3) is 0.474. The number of aromatic nitrogens is 1. The predicted molar refractivity (Wildman–Crippen MR) is 107 cm³/mol. The highest BCUT2D eigenvalue weighted by molar-refractivity contribution is 7.09. The number of thiazole rings is 1. The number of rotatable bonds is 8. The fourth-order valence-corrected chi connectivity index (χ4v) is 3.35. The lowest BCUT2D eigenvalue weighted by Crippen LogP contribution is -2.38. The highest BCUT2D eigenvalue weighted by atomic mass is 32.1. The fourth-order valence-electron chi connectivity index (χ4n) is 2.51. The van der Waals surface area contributed by atoms with Gasteiger partial charge in [-0.1, -0.05) is 18.2 Å². The van der Waals surface area contributed by atoms with Crippen LogP contribution in [-0.2, 0) is 17.8 Å². The molecule has 2 rings (SSSR count). The summed E-state index contributed by atoms with van der Waals surface area (Å²) >= 11 is 1.62. The van der Waals surface area contributed by atoms with Crippen molar-refractivity contribution in [3.63, 3.8) is 0 Å². The normalized spacial score (nSPS) is 12.7. The number of hydrogen-bond acceptors (Lipinski definition) is 5. The summed E-state index contributed by atoms with van der Waals surface area (Å²) in [6.07, 6.45) is 0.0200. The van der Waals surface area contributed by atoms with E-state index in [1.54, 1.807) is 25.5 Å². The first-order valence-corrected chi connectivity index (χ1v) is 9.56. The Morgan fingerprint density at radius 2 is 2.15 bits per heavy atom. The lowest BCUT2D eigenvalue weighted by molar-refractivity contribution is 0.119. The van der Waals surface area contributed by atoms with Crippen LogP contribution < -0.4 is 10.1 Å². The number of aliphatic imine (C=N–C) groups is 1. The first-order chi connectivity index (χ1) is 12.6. The van der Waals surface area contributed by atoms with Crippen LogP contribution in [0.4, 0.5) is 0 Å². The minimum absolute atomic E-state index is 0.0200. The second kappa shape index (κ2) is 10.1. The Labute approximate surface area is 159 Å². The summed E-state index contributed by atoms with van der Waals surface area (Å²) < 4.78 is 11.0. The Morgan fingerprint density at radius 1 is 1.38 bits per heavy atom. The Hall–Kier alpha value is -2.12. The van der Waals surface area contributed by atoms with Crippen molar-refractivity contribution in [1.29, 1.82) is 0 Å². The van der Waals surface area contributed by atoms with Crippen molar-refractivity contribution in [2.75, 3.05) is 27.8 Å². The second-order valence-electron chi connectivity index (χ2n) is 5.85. The summed E-state index contributed by atoms with van der Waals surface area (Å²) in [6, 6.07) is 8.04. The minimum Gasteiger partial charge on any atom is -0.494 e. The van der Waals surface area contributed by atoms with Gasteiger partial charge in [0.05, 0.1) is 18.8 Å². The predicted octanol–water partition coefficient (Wildman–Crippen LogP) is 3.46. The van der Waals surface area contributed by atoms with E-state index in [4.69, 9.17) is 9.47 Å². The van der Waals surface area contributed by atoms with Crippen LogP contribution >= 0.6 is 11.3 Å². The van der Waals surface area contributed by atoms with E-state index in [1.807, 2.05) is 39.1 Å². The summed E-state index contributed by atoms with van der Waals surface area (Å²) in [6.45, 7) is 5.97. The van der Waals surface area contributed by atoms with Gasteiger partial charge in [0.25, 0.3) is 0 Å². The van der Waals surface area contributed by atoms with E-state index in [2.05, 4.69) is 31.6 Å². The van der Waals surface area contributed by atoms with Crippen LogP contribution in [0, 0.1) is 0 Å². The van der Waals surface area contributed by atoms with Crippen molar-refractivity contribution in [2.45, 2.75) is 33.0 Å². The molecule has 1 N–H and O–H groups in total. The van der Waals surface area contributed by atoms with Gasteiger partial charge in [-0.2, -0.15) is 0 Å². The number of para-hydroxylation sites is 1. The third-order valence-corrected chi connectivity index (χ3v) is 5.01. The number of ether oxygens (including phenoxy) is 2. The zero-order chi connectivity index (χ0) is 18.9. The highest BCUT2D eigenvalue weighted by Gasteiger charge is 2.13. The van der Waals surface area contributed by atoms with Crippen molar-refractivity contribution in [1.82, 2.24) is 15.2 Å². The molecule has 7 heteroatoms. The van der Waals surface area contributed by atoms with Crippen LogP contribution in [-0.4, -0.2) is 43.7 Å². The highest BCUT2D eigenvalue weighted by Crippen LogP contribution is 2.21. The molecule has 0 amide bonds. The molecule has 0 aliphatic rings. The largest absolute Gasteiger partial charge is 0.494 e. The van der Waals surface area contributed by atoms with Crippen LogP contribution in [0.25, 0.3) is 0 Å². The standard InChI is InChI=1S/C19H28N4O2S/c1-6-25-17-10-8-7-9-15(17)11-21-19(20-3)23(4)12-16-13-26-18(22-16)14(2)24-5/h7-10,13-14H,6,11-12H2,1-5H3,(H,20,21). The van der Waals surface area contributed by atoms with E-state index in [0.29, 0.717) is 19.7 Å². The van der Waals surface area contributed by atoms with Crippen molar-refractivity contribution >= 4 is 17.3 Å². The van der Waals surface area contributed by atoms with Crippen LogP contribution in [0.1, 0.15) is 36.2 Å². The molecule has 0 saturated heterocycles. The first kappa shape index (κ1) is 20.2. The summed E-state index contributed by atoms with van der Waals surface area (Å²) in [4.78, 5) is 11.1. The van der Waals surface area contributed by atoms with E-state index in [1.165, 1.54) is 0 Å². The maximum Gasteiger partial charge on any atom is 0.194 e. The van der Waals surface area contributed by atoms with Crippen molar-refractivity contribution < 1.29 is 9.47 Å². The average molecular weight is 377 g/mol. The summed E-state index contributed by atoms with van der Waals surface area (Å²) in [5, 5.41) is 6.45. The molecule has 0 fully saturated rings. The van der Waals surface area contributed by atoms with Gasteiger partial charge in [0.1, 0.15) is 16.9 Å². The van der Waals surface area contributed by atoms with Crippen LogP contribution in [0.2, 0.25) is 0 Å². The maximum absolute atomic E-state index is 5.68. The summed E-state index contributed by atoms with van der Waals surface area (Å²) in [7, 11) is 5.49. The molecule has 0 bridgehead atoms. The number of guanidine groups is 1. The molecule has 0 radical (unpaired) electrons. The maximum atomic E-state index is 5.68. The molecule has 0 saturated carbocycles. The molecule has 0 aliphatic carbocycles. The molecular formula is C19H28N4O2S. The van der Waals surface area contributed by atoms with E-state index in [-0.39, 0.29) is 6.10 Å². The molecule has 2 aromatic rings. The van der Waals surface area contributed by atoms with Crippen molar-refractivity contribution in [3.05, 3.63) is 45.9 Å². The number of methoxy groups -OCH3 is 1. The Kier molecular flexibility index (Phi) is 7.87. The van der Waals surface area contributed by atoms with Gasteiger partial charge in [-0.25, -0.2) is 4.98 Å². The quantitative estimate of drug-likeness (QED) is 0.565. The molecule has 26 heavy (non-hydrogen) atoms. The molecule has 1 aromatic heterocycles. The van der Waals surface area contributed by atoms with Gasteiger partial charge in [0.15, 0.2) is 5.96 Å². The molecule has 142 valence electrons. The van der Waals surface area contributed by atoms with E-state index in [9.17, 15) is 0 Å². The smallest absolute Gasteiger partial charge is 0.194 e. The Bertz CT molecular complexity index is 717. The lowest BCUT2D eigenvalue weighted by atomic mass is 10.2. The van der Waals surface area contributed by atoms with Gasteiger partial charge in [0, 0.05) is 38.7 Å². The van der Waals surface area contributed by atoms with Crippen molar-refractivity contribution in [2.24, 2.45) is 4.99 Å². The third-order valence-electron chi connectivity index (χ3n) is 3.95. The van der Waals surface area contributed by atoms with Gasteiger partial charge in [0.2, 0.25) is 0 Å². The third kappa shape index (κ3) is 5.44. The van der Waals surface area contributed by atoms with Crippen LogP contribution in [0.3, 0.4) is 0 Å². The van der Waals surface area contributed by atoms with Gasteiger partial charge >= 0.3 is 0 Å². The number of nitrogens with zero attached hydrogens (tertiary/aromatic N) is 3. The second-order valence-corrected chi connectivity index (χ2v) is 6.74. The molecule has 0 aliphatic heterocycles. The zero-order valence-electron chi connectivity index (χ0n) is 16.2. The molecule has 1 unspecified atom stereocenters. The van der Waals surface area contributed by atoms with Gasteiger partial charge in [-0.3, -0.25) is 4.99 Å². The molecular weight excluding hydrogens is 348 g/mol. The topological polar surface area (TPSA) is 59.0 Å². The van der Waals surface area contributed by atoms with Gasteiger partial charge < -0.3 is 19.7 Å². The first-order valence-electron chi connectivity index (χ1n) is 8.68. The van der Waals surface area contributed by atoms with Gasteiger partial charge in [-0.05, 0) is 19.9 Å². The molecule has 6 nitrogen and oxygen atoms in total. The molecule has 1 atom stereocenters. The van der Waals surface area contributed by atoms with Crippen molar-refractivity contribution in [3.8, 4) is 5.75 Å². The van der Waals surface area contributed by atoms with Crippen LogP contribution in [0.15, 0.2) is 34.6 Å². The molecule has 1 heterocycles. The Morgan fingerprint density at radius 3 is 2.85 bits per heavy atom. The minimum atomic E-state index is 0.0200. The summed E-state index contributed by atoms with van der Waals surface area (Å²) in [5.41, 5.74) is 2.11. The average Bonchev–Trinajstić information content (AvgIpc) is 3.11. The van der Waals surface area contributed by atoms with E-state index < -0.39 is 0 Å². The molecule has 1 aromatic carbocycles. The zero-order valence-corrected chi connectivity index (χ0v) is 17.0. The van der Waals surface area contributed by atoms with Gasteiger partial charge in [-0.15, -0.1) is 11.3 Å². The van der Waals surface area contributed by atoms with E-state index >= 15 is 0 Å². The molecule has 0 spiro atoms.